The lowest BCUT2D eigenvalue weighted by Gasteiger charge is -2.22. The molecule has 25 heavy (non-hydrogen) atoms. The van der Waals surface area contributed by atoms with E-state index < -0.39 is 30.7 Å². The maximum atomic E-state index is 14.4. The smallest absolute Gasteiger partial charge is 0.338 e. The SMILES string of the molecule is O=C(OC[C@H]1OC[C@@H](OCc2ccccc2)C1(F)F)c1ccccc1. The molecule has 1 aliphatic heterocycles. The van der Waals surface area contributed by atoms with Crippen molar-refractivity contribution in [3.8, 4) is 0 Å². The highest BCUT2D eigenvalue weighted by Crippen LogP contribution is 2.35. The molecular weight excluding hydrogens is 330 g/mol. The van der Waals surface area contributed by atoms with E-state index in [1.165, 1.54) is 0 Å². The van der Waals surface area contributed by atoms with Crippen molar-refractivity contribution in [3.05, 3.63) is 71.8 Å². The molecule has 132 valence electrons. The van der Waals surface area contributed by atoms with Gasteiger partial charge in [-0.1, -0.05) is 48.5 Å². The Bertz CT molecular complexity index is 691. The van der Waals surface area contributed by atoms with Gasteiger partial charge in [0.15, 0.2) is 6.10 Å². The molecule has 0 unspecified atom stereocenters. The Morgan fingerprint density at radius 1 is 1.08 bits per heavy atom. The molecule has 0 bridgehead atoms. The molecule has 4 nitrogen and oxygen atoms in total. The predicted octanol–water partition coefficient (Wildman–Crippen LogP) is 3.46. The molecule has 2 aromatic rings. The molecule has 2 atom stereocenters. The van der Waals surface area contributed by atoms with Crippen LogP contribution in [0.5, 0.6) is 0 Å². The first-order chi connectivity index (χ1) is 12.1. The van der Waals surface area contributed by atoms with E-state index in [1.807, 2.05) is 18.2 Å². The summed E-state index contributed by atoms with van der Waals surface area (Å²) >= 11 is 0. The Balaban J connectivity index is 1.52. The van der Waals surface area contributed by atoms with E-state index in [4.69, 9.17) is 14.2 Å². The predicted molar refractivity (Wildman–Crippen MR) is 86.4 cm³/mol. The third-order valence-electron chi connectivity index (χ3n) is 3.98. The Kier molecular flexibility index (Phi) is 5.40. The summed E-state index contributed by atoms with van der Waals surface area (Å²) < 4.78 is 44.1. The van der Waals surface area contributed by atoms with Crippen LogP contribution in [0.25, 0.3) is 0 Å². The van der Waals surface area contributed by atoms with E-state index in [0.29, 0.717) is 5.56 Å². The third-order valence-corrected chi connectivity index (χ3v) is 3.98. The van der Waals surface area contributed by atoms with Gasteiger partial charge in [0.2, 0.25) is 0 Å². The van der Waals surface area contributed by atoms with Crippen molar-refractivity contribution in [1.29, 1.82) is 0 Å². The van der Waals surface area contributed by atoms with Gasteiger partial charge in [0.05, 0.1) is 18.8 Å². The van der Waals surface area contributed by atoms with E-state index in [-0.39, 0.29) is 13.2 Å². The van der Waals surface area contributed by atoms with Crippen molar-refractivity contribution in [3.63, 3.8) is 0 Å². The number of esters is 1. The Labute approximate surface area is 144 Å². The second kappa shape index (κ2) is 7.72. The van der Waals surface area contributed by atoms with Crippen LogP contribution in [0.3, 0.4) is 0 Å². The fourth-order valence-corrected chi connectivity index (χ4v) is 2.53. The Hall–Kier alpha value is -2.31. The van der Waals surface area contributed by atoms with Gasteiger partial charge in [0, 0.05) is 0 Å². The van der Waals surface area contributed by atoms with Crippen molar-refractivity contribution in [2.75, 3.05) is 13.2 Å². The minimum atomic E-state index is -3.23. The highest BCUT2D eigenvalue weighted by atomic mass is 19.3. The van der Waals surface area contributed by atoms with Gasteiger partial charge in [-0.05, 0) is 17.7 Å². The average molecular weight is 348 g/mol. The Morgan fingerprint density at radius 3 is 2.40 bits per heavy atom. The van der Waals surface area contributed by atoms with Crippen LogP contribution < -0.4 is 0 Å². The quantitative estimate of drug-likeness (QED) is 0.750. The normalized spacial score (nSPS) is 21.8. The second-order valence-corrected chi connectivity index (χ2v) is 5.75. The van der Waals surface area contributed by atoms with E-state index in [0.717, 1.165) is 5.56 Å². The monoisotopic (exact) mass is 348 g/mol. The lowest BCUT2D eigenvalue weighted by atomic mass is 10.1. The zero-order chi connectivity index (χ0) is 17.7. The number of carbonyl (C=O) groups is 1. The first kappa shape index (κ1) is 17.5. The molecule has 6 heteroatoms. The molecule has 1 heterocycles. The highest BCUT2D eigenvalue weighted by Gasteiger charge is 2.55. The van der Waals surface area contributed by atoms with Crippen molar-refractivity contribution in [2.45, 2.75) is 24.7 Å². The summed E-state index contributed by atoms with van der Waals surface area (Å²) in [5.41, 5.74) is 1.11. The average Bonchev–Trinajstić information content (AvgIpc) is 2.93. The first-order valence-electron chi connectivity index (χ1n) is 7.94. The number of halogens is 2. The maximum Gasteiger partial charge on any atom is 0.338 e. The zero-order valence-corrected chi connectivity index (χ0v) is 13.4. The van der Waals surface area contributed by atoms with Crippen LogP contribution in [0.1, 0.15) is 15.9 Å². The van der Waals surface area contributed by atoms with E-state index >= 15 is 0 Å². The zero-order valence-electron chi connectivity index (χ0n) is 13.4. The minimum Gasteiger partial charge on any atom is -0.459 e. The van der Waals surface area contributed by atoms with Crippen molar-refractivity contribution in [1.82, 2.24) is 0 Å². The number of alkyl halides is 2. The van der Waals surface area contributed by atoms with Crippen molar-refractivity contribution >= 4 is 5.97 Å². The van der Waals surface area contributed by atoms with Gasteiger partial charge in [-0.15, -0.1) is 0 Å². The lowest BCUT2D eigenvalue weighted by molar-refractivity contribution is -0.144. The van der Waals surface area contributed by atoms with Gasteiger partial charge in [0.25, 0.3) is 0 Å². The summed E-state index contributed by atoms with van der Waals surface area (Å²) in [4.78, 5) is 11.9. The largest absolute Gasteiger partial charge is 0.459 e. The molecule has 0 aromatic heterocycles. The third kappa shape index (κ3) is 4.21. The van der Waals surface area contributed by atoms with Crippen LogP contribution in [0.2, 0.25) is 0 Å². The molecule has 0 N–H and O–H groups in total. The van der Waals surface area contributed by atoms with Crippen LogP contribution in [-0.4, -0.2) is 37.3 Å². The standard InChI is InChI=1S/C19H18F2O4/c20-19(21)16(23-11-14-7-3-1-4-8-14)12-24-17(19)13-25-18(22)15-9-5-2-6-10-15/h1-10,16-17H,11-13H2/t16-,17-/m1/s1. The molecule has 1 fully saturated rings. The number of carbonyl (C=O) groups excluding carboxylic acids is 1. The summed E-state index contributed by atoms with van der Waals surface area (Å²) in [6, 6.07) is 17.3. The Morgan fingerprint density at radius 2 is 1.72 bits per heavy atom. The fraction of sp³-hybridized carbons (Fsp3) is 0.316. The molecule has 0 amide bonds. The molecule has 0 saturated carbocycles. The van der Waals surface area contributed by atoms with Gasteiger partial charge in [-0.3, -0.25) is 0 Å². The number of benzene rings is 2. The summed E-state index contributed by atoms with van der Waals surface area (Å²) in [5, 5.41) is 0. The van der Waals surface area contributed by atoms with Crippen LogP contribution in [0, 0.1) is 0 Å². The van der Waals surface area contributed by atoms with E-state index in [2.05, 4.69) is 0 Å². The molecular formula is C19H18F2O4. The summed E-state index contributed by atoms with van der Waals surface area (Å²) in [7, 11) is 0. The first-order valence-corrected chi connectivity index (χ1v) is 7.94. The molecule has 3 rings (SSSR count). The maximum absolute atomic E-state index is 14.4. The van der Waals surface area contributed by atoms with Gasteiger partial charge < -0.3 is 14.2 Å². The molecule has 0 spiro atoms. The highest BCUT2D eigenvalue weighted by molar-refractivity contribution is 5.89. The van der Waals surface area contributed by atoms with Crippen LogP contribution in [-0.2, 0) is 20.8 Å². The topological polar surface area (TPSA) is 44.8 Å². The number of ether oxygens (including phenoxy) is 3. The molecule has 1 aliphatic rings. The van der Waals surface area contributed by atoms with Crippen LogP contribution in [0.4, 0.5) is 8.78 Å². The molecule has 0 radical (unpaired) electrons. The number of rotatable bonds is 6. The van der Waals surface area contributed by atoms with E-state index in [1.54, 1.807) is 42.5 Å². The number of hydrogen-bond acceptors (Lipinski definition) is 4. The second-order valence-electron chi connectivity index (χ2n) is 5.75. The molecule has 0 aliphatic carbocycles. The van der Waals surface area contributed by atoms with E-state index in [9.17, 15) is 13.6 Å². The van der Waals surface area contributed by atoms with Gasteiger partial charge in [-0.25, -0.2) is 13.6 Å². The summed E-state index contributed by atoms with van der Waals surface area (Å²) in [6.07, 6.45) is -2.88. The summed E-state index contributed by atoms with van der Waals surface area (Å²) in [5.74, 6) is -3.89. The number of hydrogen-bond donors (Lipinski definition) is 0. The van der Waals surface area contributed by atoms with Crippen molar-refractivity contribution < 1.29 is 27.8 Å². The molecule has 2 aromatic carbocycles. The minimum absolute atomic E-state index is 0.0704. The lowest BCUT2D eigenvalue weighted by Crippen LogP contribution is -2.42. The van der Waals surface area contributed by atoms with Crippen molar-refractivity contribution in [2.24, 2.45) is 0 Å². The fourth-order valence-electron chi connectivity index (χ4n) is 2.53. The van der Waals surface area contributed by atoms with Gasteiger partial charge in [-0.2, -0.15) is 0 Å². The van der Waals surface area contributed by atoms with Gasteiger partial charge in [0.1, 0.15) is 12.7 Å². The summed E-state index contributed by atoms with van der Waals surface area (Å²) in [6.45, 7) is -0.694. The van der Waals surface area contributed by atoms with Gasteiger partial charge >= 0.3 is 11.9 Å². The molecule has 1 saturated heterocycles. The van der Waals surface area contributed by atoms with Crippen LogP contribution in [0.15, 0.2) is 60.7 Å². The van der Waals surface area contributed by atoms with Crippen LogP contribution >= 0.6 is 0 Å².